The van der Waals surface area contributed by atoms with Crippen LogP contribution in [0.2, 0.25) is 0 Å². The minimum atomic E-state index is -4.88. The van der Waals surface area contributed by atoms with Gasteiger partial charge < -0.3 is 15.6 Å². The van der Waals surface area contributed by atoms with Crippen molar-refractivity contribution in [1.29, 1.82) is 0 Å². The summed E-state index contributed by atoms with van der Waals surface area (Å²) in [6.45, 7) is 0.632. The highest BCUT2D eigenvalue weighted by molar-refractivity contribution is 6.07. The number of ether oxygens (including phenoxy) is 1. The molecule has 1 unspecified atom stereocenters. The van der Waals surface area contributed by atoms with Gasteiger partial charge in [0.25, 0.3) is 0 Å². The molecule has 0 amide bonds. The Morgan fingerprint density at radius 3 is 2.50 bits per heavy atom. The molecule has 0 saturated heterocycles. The fourth-order valence-electron chi connectivity index (χ4n) is 2.92. The number of benzene rings is 1. The van der Waals surface area contributed by atoms with Gasteiger partial charge in [0.1, 0.15) is 17.0 Å². The molecule has 0 radical (unpaired) electrons. The zero-order chi connectivity index (χ0) is 22.1. The minimum absolute atomic E-state index is 0.0516. The number of carbonyl (C=O) groups is 1. The third-order valence-corrected chi connectivity index (χ3v) is 4.66. The van der Waals surface area contributed by atoms with Crippen LogP contribution in [0.15, 0.2) is 36.4 Å². The second kappa shape index (κ2) is 7.86. The number of rotatable bonds is 6. The van der Waals surface area contributed by atoms with Gasteiger partial charge in [-0.1, -0.05) is 18.2 Å². The molecule has 0 fully saturated rings. The van der Waals surface area contributed by atoms with Gasteiger partial charge in [-0.05, 0) is 31.5 Å². The van der Waals surface area contributed by atoms with Gasteiger partial charge in [-0.25, -0.2) is 9.97 Å². The summed E-state index contributed by atoms with van der Waals surface area (Å²) in [5.74, 6) is -0.0479. The molecule has 2 heterocycles. The molecule has 0 saturated carbocycles. The Balaban J connectivity index is 1.86. The van der Waals surface area contributed by atoms with Crippen molar-refractivity contribution in [3.05, 3.63) is 53.5 Å². The maximum absolute atomic E-state index is 13.1. The Morgan fingerprint density at radius 1 is 1.13 bits per heavy atom. The number of hydrogen-bond donors (Lipinski definition) is 2. The van der Waals surface area contributed by atoms with Crippen LogP contribution in [0.4, 0.5) is 19.1 Å². The maximum atomic E-state index is 13.1. The van der Waals surface area contributed by atoms with Gasteiger partial charge in [-0.2, -0.15) is 13.2 Å². The second-order valence-corrected chi connectivity index (χ2v) is 6.79. The molecule has 3 aromatic rings. The Labute approximate surface area is 169 Å². The Morgan fingerprint density at radius 2 is 1.83 bits per heavy atom. The second-order valence-electron chi connectivity index (χ2n) is 6.79. The molecule has 1 aromatic carbocycles. The number of ketones is 1. The van der Waals surface area contributed by atoms with E-state index in [9.17, 15) is 23.1 Å². The standard InChI is InChI=1S/C20H19F3N4O3/c1-19(29,20(21,22)23)15-8-3-5-11(25-15)9-10-13(28)16-12-6-4-7-14(30-2)17(12)27-18(24)26-16/h3-8,29H,9-10H2,1-2H3,(H2,24,26,27). The maximum Gasteiger partial charge on any atom is 0.422 e. The minimum Gasteiger partial charge on any atom is -0.494 e. The molecule has 158 valence electrons. The number of alkyl halides is 3. The van der Waals surface area contributed by atoms with Gasteiger partial charge >= 0.3 is 6.18 Å². The number of nitrogen functional groups attached to an aromatic ring is 1. The van der Waals surface area contributed by atoms with Gasteiger partial charge in [-0.3, -0.25) is 9.78 Å². The van der Waals surface area contributed by atoms with E-state index in [1.807, 2.05) is 0 Å². The Hall–Kier alpha value is -3.27. The third-order valence-electron chi connectivity index (χ3n) is 4.66. The number of anilines is 1. The Bertz CT molecular complexity index is 1100. The normalized spacial score (nSPS) is 13.8. The van der Waals surface area contributed by atoms with Crippen LogP contribution in [0, 0.1) is 0 Å². The lowest BCUT2D eigenvalue weighted by atomic mass is 10.00. The van der Waals surface area contributed by atoms with Crippen molar-refractivity contribution in [3.63, 3.8) is 0 Å². The van der Waals surface area contributed by atoms with Crippen molar-refractivity contribution >= 4 is 22.6 Å². The van der Waals surface area contributed by atoms with Crippen LogP contribution in [0.1, 0.15) is 35.2 Å². The Kier molecular flexibility index (Phi) is 5.62. The highest BCUT2D eigenvalue weighted by atomic mass is 19.4. The number of methoxy groups -OCH3 is 1. The van der Waals surface area contributed by atoms with E-state index in [1.54, 1.807) is 18.2 Å². The largest absolute Gasteiger partial charge is 0.494 e. The van der Waals surface area contributed by atoms with Crippen molar-refractivity contribution in [3.8, 4) is 5.75 Å². The van der Waals surface area contributed by atoms with Crippen LogP contribution in [-0.2, 0) is 12.0 Å². The number of pyridine rings is 1. The van der Waals surface area contributed by atoms with E-state index in [0.717, 1.165) is 6.07 Å². The summed E-state index contributed by atoms with van der Waals surface area (Å²) in [4.78, 5) is 24.8. The van der Waals surface area contributed by atoms with Crippen molar-refractivity contribution < 1.29 is 27.8 Å². The summed E-state index contributed by atoms with van der Waals surface area (Å²) in [5, 5.41) is 10.3. The highest BCUT2D eigenvalue weighted by Crippen LogP contribution is 2.37. The molecule has 2 aromatic heterocycles. The number of aromatic nitrogens is 3. The molecule has 0 bridgehead atoms. The topological polar surface area (TPSA) is 111 Å². The summed E-state index contributed by atoms with van der Waals surface area (Å²) >= 11 is 0. The number of fused-ring (bicyclic) bond motifs is 1. The van der Waals surface area contributed by atoms with Crippen LogP contribution in [-0.4, -0.2) is 39.1 Å². The van der Waals surface area contributed by atoms with E-state index in [0.29, 0.717) is 23.6 Å². The molecule has 7 nitrogen and oxygen atoms in total. The molecule has 1 atom stereocenters. The van der Waals surface area contributed by atoms with Crippen LogP contribution < -0.4 is 10.5 Å². The third kappa shape index (κ3) is 4.04. The average molecular weight is 420 g/mol. The zero-order valence-electron chi connectivity index (χ0n) is 16.2. The van der Waals surface area contributed by atoms with Crippen LogP contribution in [0.25, 0.3) is 10.9 Å². The first kappa shape index (κ1) is 21.4. The fourth-order valence-corrected chi connectivity index (χ4v) is 2.92. The molecule has 0 aliphatic heterocycles. The number of halogens is 3. The van der Waals surface area contributed by atoms with Crippen molar-refractivity contribution in [2.45, 2.75) is 31.5 Å². The molecule has 30 heavy (non-hydrogen) atoms. The number of nitrogens with zero attached hydrogens (tertiary/aromatic N) is 3. The highest BCUT2D eigenvalue weighted by Gasteiger charge is 2.52. The number of para-hydroxylation sites is 1. The molecule has 3 rings (SSSR count). The van der Waals surface area contributed by atoms with E-state index >= 15 is 0 Å². The number of hydrogen-bond acceptors (Lipinski definition) is 7. The smallest absolute Gasteiger partial charge is 0.422 e. The first-order valence-corrected chi connectivity index (χ1v) is 8.93. The predicted molar refractivity (Wildman–Crippen MR) is 103 cm³/mol. The van der Waals surface area contributed by atoms with Gasteiger partial charge in [0.2, 0.25) is 5.95 Å². The van der Waals surface area contributed by atoms with Gasteiger partial charge in [-0.15, -0.1) is 0 Å². The molecular formula is C20H19F3N4O3. The van der Waals surface area contributed by atoms with E-state index in [1.165, 1.54) is 19.2 Å². The number of aryl methyl sites for hydroxylation is 1. The molecular weight excluding hydrogens is 401 g/mol. The van der Waals surface area contributed by atoms with E-state index in [2.05, 4.69) is 15.0 Å². The molecule has 0 aliphatic carbocycles. The predicted octanol–water partition coefficient (Wildman–Crippen LogP) is 3.20. The first-order chi connectivity index (χ1) is 14.0. The van der Waals surface area contributed by atoms with E-state index in [4.69, 9.17) is 10.5 Å². The summed E-state index contributed by atoms with van der Waals surface area (Å²) in [6.07, 6.45) is -4.91. The van der Waals surface area contributed by atoms with Gasteiger partial charge in [0.15, 0.2) is 11.4 Å². The monoisotopic (exact) mass is 420 g/mol. The number of carbonyl (C=O) groups excluding carboxylic acids is 1. The molecule has 0 spiro atoms. The summed E-state index contributed by atoms with van der Waals surface area (Å²) in [6, 6.07) is 8.93. The van der Waals surface area contributed by atoms with Gasteiger partial charge in [0, 0.05) is 17.5 Å². The van der Waals surface area contributed by atoms with Crippen molar-refractivity contribution in [2.24, 2.45) is 0 Å². The van der Waals surface area contributed by atoms with Crippen molar-refractivity contribution in [2.75, 3.05) is 12.8 Å². The van der Waals surface area contributed by atoms with Crippen LogP contribution in [0.3, 0.4) is 0 Å². The van der Waals surface area contributed by atoms with Crippen LogP contribution in [0.5, 0.6) is 5.75 Å². The van der Waals surface area contributed by atoms with Crippen LogP contribution >= 0.6 is 0 Å². The lowest BCUT2D eigenvalue weighted by Gasteiger charge is -2.25. The summed E-state index contributed by atoms with van der Waals surface area (Å²) < 4.78 is 44.4. The number of nitrogens with two attached hydrogens (primary N) is 1. The molecule has 3 N–H and O–H groups in total. The quantitative estimate of drug-likeness (QED) is 0.589. The molecule has 0 aliphatic rings. The van der Waals surface area contributed by atoms with Gasteiger partial charge in [0.05, 0.1) is 12.8 Å². The number of aliphatic hydroxyl groups is 1. The zero-order valence-corrected chi connectivity index (χ0v) is 16.2. The number of Topliss-reactive ketones (excluding diaryl/α,β-unsaturated/α-hetero) is 1. The molecule has 10 heteroatoms. The lowest BCUT2D eigenvalue weighted by Crippen LogP contribution is -2.40. The fraction of sp³-hybridized carbons (Fsp3) is 0.300. The summed E-state index contributed by atoms with van der Waals surface area (Å²) in [5.41, 5.74) is 2.80. The van der Waals surface area contributed by atoms with Crippen molar-refractivity contribution in [1.82, 2.24) is 15.0 Å². The average Bonchev–Trinajstić information content (AvgIpc) is 2.70. The lowest BCUT2D eigenvalue weighted by molar-refractivity contribution is -0.260. The SMILES string of the molecule is COc1cccc2c(C(=O)CCc3cccc(C(C)(O)C(F)(F)F)n3)nc(N)nc12. The first-order valence-electron chi connectivity index (χ1n) is 8.93. The van der Waals surface area contributed by atoms with E-state index < -0.39 is 17.5 Å². The summed E-state index contributed by atoms with van der Waals surface area (Å²) in [7, 11) is 1.46. The van der Waals surface area contributed by atoms with E-state index in [-0.39, 0.29) is 36.0 Å².